The van der Waals surface area contributed by atoms with Gasteiger partial charge in [0.2, 0.25) is 21.1 Å². The molecule has 0 bridgehead atoms. The Morgan fingerprint density at radius 1 is 1.13 bits per heavy atom. The van der Waals surface area contributed by atoms with E-state index in [9.17, 15) is 13.2 Å². The van der Waals surface area contributed by atoms with Crippen LogP contribution in [0.1, 0.15) is 6.92 Å². The van der Waals surface area contributed by atoms with Crippen LogP contribution in [0.25, 0.3) is 10.6 Å². The quantitative estimate of drug-likeness (QED) is 0.520. The Hall–Kier alpha value is -3.18. The predicted molar refractivity (Wildman–Crippen MR) is 120 cm³/mol. The maximum Gasteiger partial charge on any atom is 0.246 e. The Kier molecular flexibility index (Phi) is 7.08. The number of methoxy groups -OCH3 is 1. The Morgan fingerprint density at radius 3 is 2.52 bits per heavy atom. The zero-order valence-corrected chi connectivity index (χ0v) is 18.9. The van der Waals surface area contributed by atoms with Crippen LogP contribution in [-0.4, -0.2) is 51.0 Å². The molecule has 2 aromatic carbocycles. The van der Waals surface area contributed by atoms with E-state index in [1.807, 2.05) is 19.1 Å². The Balaban J connectivity index is 1.73. The summed E-state index contributed by atoms with van der Waals surface area (Å²) in [6, 6.07) is 13.8. The third-order valence-corrected chi connectivity index (χ3v) is 6.14. The van der Waals surface area contributed by atoms with Crippen molar-refractivity contribution in [3.8, 4) is 22.1 Å². The lowest BCUT2D eigenvalue weighted by Gasteiger charge is -2.22. The SMILES string of the molecule is CCOc1cccc(N(CC(=O)Nc2nnc(-c3ccc(OC)cc3)s2)S(C)(=O)=O)c1. The first-order chi connectivity index (χ1) is 14.8. The van der Waals surface area contributed by atoms with Crippen molar-refractivity contribution in [2.45, 2.75) is 6.92 Å². The van der Waals surface area contributed by atoms with Crippen LogP contribution in [-0.2, 0) is 14.8 Å². The molecule has 3 rings (SSSR count). The van der Waals surface area contributed by atoms with Gasteiger partial charge in [0.25, 0.3) is 0 Å². The van der Waals surface area contributed by atoms with Gasteiger partial charge in [0.15, 0.2) is 0 Å². The van der Waals surface area contributed by atoms with Crippen molar-refractivity contribution in [3.05, 3.63) is 48.5 Å². The molecule has 0 saturated carbocycles. The van der Waals surface area contributed by atoms with Crippen LogP contribution in [0.3, 0.4) is 0 Å². The average molecular weight is 463 g/mol. The molecule has 9 nitrogen and oxygen atoms in total. The van der Waals surface area contributed by atoms with E-state index < -0.39 is 22.5 Å². The second-order valence-corrected chi connectivity index (χ2v) is 9.27. The van der Waals surface area contributed by atoms with Gasteiger partial charge in [0, 0.05) is 11.6 Å². The zero-order chi connectivity index (χ0) is 22.4. The smallest absolute Gasteiger partial charge is 0.246 e. The molecule has 0 unspecified atom stereocenters. The van der Waals surface area contributed by atoms with Crippen molar-refractivity contribution in [1.82, 2.24) is 10.2 Å². The number of nitrogens with zero attached hydrogens (tertiary/aromatic N) is 3. The molecule has 0 fully saturated rings. The first kappa shape index (κ1) is 22.5. The van der Waals surface area contributed by atoms with Gasteiger partial charge in [-0.05, 0) is 43.3 Å². The van der Waals surface area contributed by atoms with E-state index in [1.165, 1.54) is 11.3 Å². The first-order valence-electron chi connectivity index (χ1n) is 9.28. The Bertz CT molecular complexity index is 1150. The highest BCUT2D eigenvalue weighted by Gasteiger charge is 2.22. The fraction of sp³-hybridized carbons (Fsp3) is 0.250. The Morgan fingerprint density at radius 2 is 1.87 bits per heavy atom. The number of sulfonamides is 1. The summed E-state index contributed by atoms with van der Waals surface area (Å²) in [5, 5.41) is 11.5. The number of amides is 1. The summed E-state index contributed by atoms with van der Waals surface area (Å²) in [6.07, 6.45) is 1.04. The van der Waals surface area contributed by atoms with Gasteiger partial charge in [-0.3, -0.25) is 14.4 Å². The minimum Gasteiger partial charge on any atom is -0.497 e. The number of hydrogen-bond donors (Lipinski definition) is 1. The van der Waals surface area contributed by atoms with E-state index in [2.05, 4.69) is 15.5 Å². The van der Waals surface area contributed by atoms with Crippen molar-refractivity contribution < 1.29 is 22.7 Å². The molecule has 0 spiro atoms. The third-order valence-electron chi connectivity index (χ3n) is 4.11. The van der Waals surface area contributed by atoms with Gasteiger partial charge in [-0.25, -0.2) is 8.42 Å². The number of nitrogens with one attached hydrogen (secondary N) is 1. The molecule has 11 heteroatoms. The van der Waals surface area contributed by atoms with Gasteiger partial charge in [-0.1, -0.05) is 17.4 Å². The molecule has 0 atom stereocenters. The lowest BCUT2D eigenvalue weighted by Crippen LogP contribution is -2.37. The number of anilines is 2. The van der Waals surface area contributed by atoms with Crippen molar-refractivity contribution in [2.24, 2.45) is 0 Å². The molecule has 0 aliphatic carbocycles. The van der Waals surface area contributed by atoms with Crippen LogP contribution in [0.2, 0.25) is 0 Å². The van der Waals surface area contributed by atoms with Gasteiger partial charge in [0.1, 0.15) is 23.1 Å². The van der Waals surface area contributed by atoms with Crippen molar-refractivity contribution in [3.63, 3.8) is 0 Å². The fourth-order valence-electron chi connectivity index (χ4n) is 2.71. The van der Waals surface area contributed by atoms with Crippen molar-refractivity contribution in [2.75, 3.05) is 36.1 Å². The molecule has 0 saturated heterocycles. The number of rotatable bonds is 9. The number of benzene rings is 2. The highest BCUT2D eigenvalue weighted by Crippen LogP contribution is 2.28. The number of ether oxygens (including phenoxy) is 2. The summed E-state index contributed by atoms with van der Waals surface area (Å²) in [6.45, 7) is 1.86. The molecular formula is C20H22N4O5S2. The fourth-order valence-corrected chi connectivity index (χ4v) is 4.32. The summed E-state index contributed by atoms with van der Waals surface area (Å²) in [5.74, 6) is 0.697. The van der Waals surface area contributed by atoms with E-state index in [-0.39, 0.29) is 5.13 Å². The predicted octanol–water partition coefficient (Wildman–Crippen LogP) is 3.02. The van der Waals surface area contributed by atoms with E-state index in [4.69, 9.17) is 9.47 Å². The maximum atomic E-state index is 12.6. The largest absolute Gasteiger partial charge is 0.497 e. The monoisotopic (exact) mass is 462 g/mol. The highest BCUT2D eigenvalue weighted by molar-refractivity contribution is 7.92. The van der Waals surface area contributed by atoms with Gasteiger partial charge >= 0.3 is 0 Å². The summed E-state index contributed by atoms with van der Waals surface area (Å²) in [4.78, 5) is 12.6. The molecular weight excluding hydrogens is 440 g/mol. The molecule has 1 amide bonds. The summed E-state index contributed by atoms with van der Waals surface area (Å²) in [5.41, 5.74) is 1.16. The lowest BCUT2D eigenvalue weighted by atomic mass is 10.2. The number of aromatic nitrogens is 2. The van der Waals surface area contributed by atoms with Gasteiger partial charge in [-0.2, -0.15) is 0 Å². The van der Waals surface area contributed by atoms with Crippen LogP contribution in [0.5, 0.6) is 11.5 Å². The summed E-state index contributed by atoms with van der Waals surface area (Å²) < 4.78 is 36.2. The normalized spacial score (nSPS) is 11.1. The Labute approximate surface area is 184 Å². The first-order valence-corrected chi connectivity index (χ1v) is 11.9. The standard InChI is InChI=1S/C20H22N4O5S2/c1-4-29-17-7-5-6-15(12-17)24(31(3,26)27)13-18(25)21-20-23-22-19(30-20)14-8-10-16(28-2)11-9-14/h5-12H,4,13H2,1-3H3,(H,21,23,25). The van der Waals surface area contributed by atoms with Crippen LogP contribution in [0.4, 0.5) is 10.8 Å². The van der Waals surface area contributed by atoms with E-state index in [0.29, 0.717) is 23.1 Å². The third kappa shape index (κ3) is 5.92. The number of carbonyl (C=O) groups is 1. The minimum atomic E-state index is -3.71. The maximum absolute atomic E-state index is 12.6. The van der Waals surface area contributed by atoms with Gasteiger partial charge in [0.05, 0.1) is 25.7 Å². The molecule has 1 aromatic heterocycles. The molecule has 1 N–H and O–H groups in total. The molecule has 31 heavy (non-hydrogen) atoms. The van der Waals surface area contributed by atoms with E-state index in [0.717, 1.165) is 21.9 Å². The van der Waals surface area contributed by atoms with E-state index in [1.54, 1.807) is 43.5 Å². The highest BCUT2D eigenvalue weighted by atomic mass is 32.2. The minimum absolute atomic E-state index is 0.271. The number of carbonyl (C=O) groups excluding carboxylic acids is 1. The zero-order valence-electron chi connectivity index (χ0n) is 17.2. The molecule has 3 aromatic rings. The van der Waals surface area contributed by atoms with Crippen LogP contribution in [0, 0.1) is 0 Å². The molecule has 0 aliphatic rings. The van der Waals surface area contributed by atoms with Crippen LogP contribution < -0.4 is 19.1 Å². The second kappa shape index (κ2) is 9.75. The number of hydrogen-bond acceptors (Lipinski definition) is 8. The average Bonchev–Trinajstić information content (AvgIpc) is 3.20. The molecule has 0 aliphatic heterocycles. The van der Waals surface area contributed by atoms with Gasteiger partial charge in [-0.15, -0.1) is 10.2 Å². The van der Waals surface area contributed by atoms with Crippen LogP contribution >= 0.6 is 11.3 Å². The van der Waals surface area contributed by atoms with Crippen molar-refractivity contribution in [1.29, 1.82) is 0 Å². The van der Waals surface area contributed by atoms with Crippen LogP contribution in [0.15, 0.2) is 48.5 Å². The molecule has 164 valence electrons. The molecule has 1 heterocycles. The lowest BCUT2D eigenvalue weighted by molar-refractivity contribution is -0.114. The van der Waals surface area contributed by atoms with Gasteiger partial charge < -0.3 is 9.47 Å². The second-order valence-electron chi connectivity index (χ2n) is 6.39. The summed E-state index contributed by atoms with van der Waals surface area (Å²) >= 11 is 1.18. The molecule has 0 radical (unpaired) electrons. The topological polar surface area (TPSA) is 111 Å². The summed E-state index contributed by atoms with van der Waals surface area (Å²) in [7, 11) is -2.13. The van der Waals surface area contributed by atoms with E-state index >= 15 is 0 Å². The van der Waals surface area contributed by atoms with Crippen molar-refractivity contribution >= 4 is 38.1 Å².